The molecule has 0 radical (unpaired) electrons. The van der Waals surface area contributed by atoms with Crippen molar-refractivity contribution in [3.8, 4) is 5.69 Å². The quantitative estimate of drug-likeness (QED) is 0.618. The van der Waals surface area contributed by atoms with Gasteiger partial charge in [0.05, 0.1) is 12.4 Å². The Morgan fingerprint density at radius 1 is 1.04 bits per heavy atom. The van der Waals surface area contributed by atoms with E-state index in [1.807, 2.05) is 0 Å². The molecule has 0 atom stereocenters. The lowest BCUT2D eigenvalue weighted by Gasteiger charge is -2.21. The Bertz CT molecular complexity index is 962. The van der Waals surface area contributed by atoms with Crippen molar-refractivity contribution >= 4 is 12.2 Å². The molecule has 1 fully saturated rings. The van der Waals surface area contributed by atoms with Crippen molar-refractivity contribution in [1.29, 1.82) is 0 Å². The summed E-state index contributed by atoms with van der Waals surface area (Å²) in [4.78, 5) is 2.24. The Kier molecular flexibility index (Phi) is 4.60. The molecule has 3 aromatic rings. The normalized spacial score (nSPS) is 14.1. The Balaban J connectivity index is 1.55. The van der Waals surface area contributed by atoms with Crippen molar-refractivity contribution in [3.05, 3.63) is 70.5 Å². The van der Waals surface area contributed by atoms with E-state index in [0.29, 0.717) is 29.7 Å². The molecule has 1 aliphatic rings. The molecular weight excluding hydrogens is 356 g/mol. The average molecular weight is 373 g/mol. The first-order chi connectivity index (χ1) is 12.6. The number of halogens is 2. The first-order valence-electron chi connectivity index (χ1n) is 8.37. The van der Waals surface area contributed by atoms with Crippen LogP contribution >= 0.6 is 12.2 Å². The molecule has 0 amide bonds. The molecule has 0 N–H and O–H groups in total. The van der Waals surface area contributed by atoms with E-state index in [2.05, 4.69) is 15.3 Å². The number of benzene rings is 2. The highest BCUT2D eigenvalue weighted by atomic mass is 32.1. The van der Waals surface area contributed by atoms with E-state index in [1.165, 1.54) is 28.9 Å². The molecule has 0 saturated heterocycles. The van der Waals surface area contributed by atoms with Crippen molar-refractivity contribution in [3.63, 3.8) is 0 Å². The third-order valence-corrected chi connectivity index (χ3v) is 4.75. The van der Waals surface area contributed by atoms with E-state index in [0.717, 1.165) is 18.4 Å². The second kappa shape index (κ2) is 7.05. The number of aromatic nitrogens is 4. The lowest BCUT2D eigenvalue weighted by Crippen LogP contribution is -2.29. The van der Waals surface area contributed by atoms with E-state index in [4.69, 9.17) is 12.2 Å². The molecule has 4 rings (SSSR count). The highest BCUT2D eigenvalue weighted by Crippen LogP contribution is 2.28. The minimum atomic E-state index is -0.352. The number of hydrogen-bond acceptors (Lipinski definition) is 4. The molecular formula is C18H17F2N5S. The molecule has 2 aromatic carbocycles. The van der Waals surface area contributed by atoms with Gasteiger partial charge in [0, 0.05) is 12.6 Å². The topological polar surface area (TPSA) is 38.9 Å². The van der Waals surface area contributed by atoms with E-state index in [-0.39, 0.29) is 11.6 Å². The summed E-state index contributed by atoms with van der Waals surface area (Å²) in [6, 6.07) is 13.0. The molecule has 8 heteroatoms. The van der Waals surface area contributed by atoms with E-state index in [1.54, 1.807) is 28.9 Å². The first kappa shape index (κ1) is 17.0. The van der Waals surface area contributed by atoms with Gasteiger partial charge in [-0.3, -0.25) is 4.90 Å². The number of rotatable bonds is 6. The predicted octanol–water partition coefficient (Wildman–Crippen LogP) is 3.70. The Labute approximate surface area is 154 Å². The second-order valence-electron chi connectivity index (χ2n) is 6.40. The van der Waals surface area contributed by atoms with E-state index in [9.17, 15) is 8.78 Å². The van der Waals surface area contributed by atoms with Gasteiger partial charge in [-0.2, -0.15) is 4.68 Å². The molecule has 5 nitrogen and oxygen atoms in total. The highest BCUT2D eigenvalue weighted by Gasteiger charge is 2.29. The summed E-state index contributed by atoms with van der Waals surface area (Å²) in [7, 11) is 0. The summed E-state index contributed by atoms with van der Waals surface area (Å²) in [5, 5.41) is 8.19. The highest BCUT2D eigenvalue weighted by molar-refractivity contribution is 7.71. The third-order valence-electron chi connectivity index (χ3n) is 4.37. The van der Waals surface area contributed by atoms with Crippen LogP contribution in [0.4, 0.5) is 8.78 Å². The maximum Gasteiger partial charge on any atom is 0.221 e. The standard InChI is InChI=1S/C18H17F2N5S/c19-14-6-4-13(5-7-14)11-23(16-8-9-16)12-24-18(26)25(22-21-24)17-3-1-2-15(20)10-17/h1-7,10,16H,8-9,11-12H2. The van der Waals surface area contributed by atoms with Crippen LogP contribution in [0.2, 0.25) is 0 Å². The van der Waals surface area contributed by atoms with Gasteiger partial charge in [0.1, 0.15) is 11.6 Å². The molecule has 1 heterocycles. The average Bonchev–Trinajstić information content (AvgIpc) is 3.41. The van der Waals surface area contributed by atoms with E-state index >= 15 is 0 Å². The van der Waals surface area contributed by atoms with Gasteiger partial charge < -0.3 is 0 Å². The van der Waals surface area contributed by atoms with Gasteiger partial charge in [-0.1, -0.05) is 18.2 Å². The Morgan fingerprint density at radius 2 is 1.81 bits per heavy atom. The number of hydrogen-bond donors (Lipinski definition) is 0. The van der Waals surface area contributed by atoms with Crippen LogP contribution in [-0.4, -0.2) is 30.7 Å². The van der Waals surface area contributed by atoms with Gasteiger partial charge in [0.15, 0.2) is 0 Å². The van der Waals surface area contributed by atoms with Crippen molar-refractivity contribution in [2.75, 3.05) is 0 Å². The van der Waals surface area contributed by atoms with Gasteiger partial charge >= 0.3 is 0 Å². The van der Waals surface area contributed by atoms with Crippen molar-refractivity contribution < 1.29 is 8.78 Å². The zero-order valence-corrected chi connectivity index (χ0v) is 14.7. The van der Waals surface area contributed by atoms with Crippen molar-refractivity contribution in [1.82, 2.24) is 24.7 Å². The summed E-state index contributed by atoms with van der Waals surface area (Å²) in [5.74, 6) is -0.596. The maximum absolute atomic E-state index is 13.4. The van der Waals surface area contributed by atoms with Crippen LogP contribution in [0.25, 0.3) is 5.69 Å². The van der Waals surface area contributed by atoms with Gasteiger partial charge in [-0.25, -0.2) is 13.5 Å². The minimum Gasteiger partial charge on any atom is -0.277 e. The summed E-state index contributed by atoms with van der Waals surface area (Å²) >= 11 is 5.46. The van der Waals surface area contributed by atoms with Crippen LogP contribution in [-0.2, 0) is 13.2 Å². The van der Waals surface area contributed by atoms with Crippen LogP contribution in [0, 0.1) is 16.4 Å². The maximum atomic E-state index is 13.4. The molecule has 26 heavy (non-hydrogen) atoms. The van der Waals surface area contributed by atoms with Gasteiger partial charge in [0.25, 0.3) is 0 Å². The summed E-state index contributed by atoms with van der Waals surface area (Å²) in [6.45, 7) is 1.16. The fourth-order valence-electron chi connectivity index (χ4n) is 2.86. The lowest BCUT2D eigenvalue weighted by molar-refractivity contribution is 0.185. The monoisotopic (exact) mass is 373 g/mol. The number of tetrazole rings is 1. The van der Waals surface area contributed by atoms with Crippen LogP contribution in [0.1, 0.15) is 18.4 Å². The smallest absolute Gasteiger partial charge is 0.221 e. The molecule has 0 aliphatic heterocycles. The molecule has 1 aromatic heterocycles. The SMILES string of the molecule is Fc1ccc(CN(Cn2nnn(-c3cccc(F)c3)c2=S)C2CC2)cc1. The first-order valence-corrected chi connectivity index (χ1v) is 8.78. The zero-order valence-electron chi connectivity index (χ0n) is 13.9. The van der Waals surface area contributed by atoms with E-state index < -0.39 is 0 Å². The van der Waals surface area contributed by atoms with Gasteiger partial charge in [-0.05, 0) is 71.4 Å². The third kappa shape index (κ3) is 3.71. The molecule has 134 valence electrons. The second-order valence-corrected chi connectivity index (χ2v) is 6.76. The minimum absolute atomic E-state index is 0.244. The zero-order chi connectivity index (χ0) is 18.1. The summed E-state index contributed by atoms with van der Waals surface area (Å²) in [6.07, 6.45) is 2.24. The van der Waals surface area contributed by atoms with Crippen molar-refractivity contribution in [2.24, 2.45) is 0 Å². The predicted molar refractivity (Wildman–Crippen MR) is 95.1 cm³/mol. The van der Waals surface area contributed by atoms with Gasteiger partial charge in [0.2, 0.25) is 4.77 Å². The molecule has 0 spiro atoms. The largest absolute Gasteiger partial charge is 0.277 e. The molecule has 0 unspecified atom stereocenters. The van der Waals surface area contributed by atoms with Gasteiger partial charge in [-0.15, -0.1) is 0 Å². The van der Waals surface area contributed by atoms with Crippen LogP contribution < -0.4 is 0 Å². The number of nitrogens with zero attached hydrogens (tertiary/aromatic N) is 5. The fraction of sp³-hybridized carbons (Fsp3) is 0.278. The molecule has 0 bridgehead atoms. The lowest BCUT2D eigenvalue weighted by atomic mass is 10.2. The summed E-state index contributed by atoms with van der Waals surface area (Å²) < 4.78 is 30.0. The Morgan fingerprint density at radius 3 is 2.50 bits per heavy atom. The van der Waals surface area contributed by atoms with Crippen molar-refractivity contribution in [2.45, 2.75) is 32.1 Å². The molecule has 1 saturated carbocycles. The van der Waals surface area contributed by atoms with Crippen LogP contribution in [0.15, 0.2) is 48.5 Å². The summed E-state index contributed by atoms with van der Waals surface area (Å²) in [5.41, 5.74) is 1.57. The van der Waals surface area contributed by atoms with Crippen LogP contribution in [0.5, 0.6) is 0 Å². The van der Waals surface area contributed by atoms with Crippen LogP contribution in [0.3, 0.4) is 0 Å². The Hall–Kier alpha value is -2.45. The molecule has 1 aliphatic carbocycles. The fourth-order valence-corrected chi connectivity index (χ4v) is 3.10.